The molecular weight excluding hydrogens is 204 g/mol. The van der Waals surface area contributed by atoms with Gasteiger partial charge in [0.05, 0.1) is 5.75 Å². The molecule has 82 valence electrons. The lowest BCUT2D eigenvalue weighted by Gasteiger charge is -2.21. The fourth-order valence-corrected chi connectivity index (χ4v) is 2.22. The van der Waals surface area contributed by atoms with E-state index in [9.17, 15) is 13.2 Å². The van der Waals surface area contributed by atoms with Crippen LogP contribution in [0.5, 0.6) is 0 Å². The zero-order chi connectivity index (χ0) is 11.6. The third-order valence-electron chi connectivity index (χ3n) is 1.69. The van der Waals surface area contributed by atoms with E-state index in [1.807, 2.05) is 0 Å². The van der Waals surface area contributed by atoms with Gasteiger partial charge in [-0.15, -0.1) is 0 Å². The summed E-state index contributed by atoms with van der Waals surface area (Å²) in [6, 6.07) is 0. The van der Waals surface area contributed by atoms with Crippen LogP contribution in [-0.4, -0.2) is 24.5 Å². The van der Waals surface area contributed by atoms with Gasteiger partial charge in [0.25, 0.3) is 10.1 Å². The monoisotopic (exact) mass is 220 g/mol. The van der Waals surface area contributed by atoms with Crippen LogP contribution in [-0.2, 0) is 14.9 Å². The number of ketones is 1. The number of hydrogen-bond donors (Lipinski definition) is 1. The van der Waals surface area contributed by atoms with Crippen LogP contribution in [0.4, 0.5) is 0 Å². The third kappa shape index (κ3) is 5.88. The van der Waals surface area contributed by atoms with Crippen molar-refractivity contribution in [2.24, 2.45) is 5.41 Å². The number of rotatable bonds is 5. The van der Waals surface area contributed by atoms with Crippen LogP contribution in [0.15, 0.2) is 12.2 Å². The molecule has 1 N–H and O–H groups in total. The van der Waals surface area contributed by atoms with E-state index >= 15 is 0 Å². The molecule has 0 saturated heterocycles. The highest BCUT2D eigenvalue weighted by Crippen LogP contribution is 2.23. The minimum Gasteiger partial charge on any atom is -0.295 e. The Hall–Kier alpha value is -0.680. The first-order chi connectivity index (χ1) is 6.03. The summed E-state index contributed by atoms with van der Waals surface area (Å²) in [7, 11) is -4.04. The highest BCUT2D eigenvalue weighted by molar-refractivity contribution is 7.85. The van der Waals surface area contributed by atoms with E-state index in [0.717, 1.165) is 0 Å². The molecule has 0 saturated carbocycles. The van der Waals surface area contributed by atoms with Crippen molar-refractivity contribution >= 4 is 15.9 Å². The van der Waals surface area contributed by atoms with Crippen molar-refractivity contribution in [3.05, 3.63) is 12.2 Å². The van der Waals surface area contributed by atoms with Gasteiger partial charge in [0.15, 0.2) is 5.78 Å². The zero-order valence-electron chi connectivity index (χ0n) is 8.70. The Labute approximate surface area is 84.8 Å². The molecule has 4 nitrogen and oxygen atoms in total. The van der Waals surface area contributed by atoms with Crippen molar-refractivity contribution in [1.82, 2.24) is 0 Å². The van der Waals surface area contributed by atoms with Crippen LogP contribution in [0.25, 0.3) is 0 Å². The smallest absolute Gasteiger partial charge is 0.265 e. The van der Waals surface area contributed by atoms with Gasteiger partial charge in [-0.05, 0) is 17.9 Å². The summed E-state index contributed by atoms with van der Waals surface area (Å²) in [5.74, 6) is -0.599. The van der Waals surface area contributed by atoms with Gasteiger partial charge in [-0.1, -0.05) is 20.4 Å². The third-order valence-corrected chi connectivity index (χ3v) is 2.83. The van der Waals surface area contributed by atoms with Crippen molar-refractivity contribution in [3.63, 3.8) is 0 Å². The number of carbonyl (C=O) groups is 1. The summed E-state index contributed by atoms with van der Waals surface area (Å²) < 4.78 is 29.9. The first-order valence-corrected chi connectivity index (χ1v) is 5.78. The highest BCUT2D eigenvalue weighted by atomic mass is 32.2. The maximum absolute atomic E-state index is 11.3. The molecule has 0 aliphatic carbocycles. The van der Waals surface area contributed by atoms with Gasteiger partial charge in [-0.25, -0.2) is 0 Å². The molecule has 0 aliphatic heterocycles. The van der Waals surface area contributed by atoms with Crippen molar-refractivity contribution in [2.45, 2.75) is 27.2 Å². The number of Topliss-reactive ketones (excluding diaryl/α,β-unsaturated/α-hetero) is 1. The van der Waals surface area contributed by atoms with Crippen LogP contribution in [0.3, 0.4) is 0 Å². The lowest BCUT2D eigenvalue weighted by atomic mass is 9.88. The number of carbonyl (C=O) groups excluding carboxylic acids is 1. The summed E-state index contributed by atoms with van der Waals surface area (Å²) in [6.45, 7) is 8.27. The molecule has 0 fully saturated rings. The maximum Gasteiger partial charge on any atom is 0.265 e. The topological polar surface area (TPSA) is 71.4 Å². The van der Waals surface area contributed by atoms with E-state index in [1.165, 1.54) is 0 Å². The predicted molar refractivity (Wildman–Crippen MR) is 54.6 cm³/mol. The van der Waals surface area contributed by atoms with E-state index in [0.29, 0.717) is 5.57 Å². The molecule has 0 bridgehead atoms. The summed E-state index contributed by atoms with van der Waals surface area (Å²) in [5.41, 5.74) is -0.364. The maximum atomic E-state index is 11.3. The van der Waals surface area contributed by atoms with E-state index in [2.05, 4.69) is 6.58 Å². The Balaban J connectivity index is 4.51. The van der Waals surface area contributed by atoms with Crippen LogP contribution in [0.2, 0.25) is 0 Å². The summed E-state index contributed by atoms with van der Waals surface area (Å²) in [5, 5.41) is 0. The fourth-order valence-electron chi connectivity index (χ4n) is 1.13. The van der Waals surface area contributed by atoms with Crippen molar-refractivity contribution < 1.29 is 17.8 Å². The molecule has 0 aliphatic rings. The molecule has 5 heteroatoms. The van der Waals surface area contributed by atoms with Gasteiger partial charge >= 0.3 is 0 Å². The summed E-state index contributed by atoms with van der Waals surface area (Å²) >= 11 is 0. The standard InChI is InChI=1S/C9H16O4S/c1-7(2)8(10)5-9(3,4)6-14(11,12)13/h1,5-6H2,2-4H3,(H,11,12,13). The van der Waals surface area contributed by atoms with Gasteiger partial charge in [-0.3, -0.25) is 9.35 Å². The van der Waals surface area contributed by atoms with Crippen LogP contribution in [0.1, 0.15) is 27.2 Å². The molecule has 0 rings (SSSR count). The van der Waals surface area contributed by atoms with Crippen LogP contribution >= 0.6 is 0 Å². The van der Waals surface area contributed by atoms with E-state index < -0.39 is 21.3 Å². The summed E-state index contributed by atoms with van der Waals surface area (Å²) in [6.07, 6.45) is 0.0716. The molecule has 0 aromatic carbocycles. The second kappa shape index (κ2) is 4.23. The van der Waals surface area contributed by atoms with Gasteiger partial charge < -0.3 is 0 Å². The Morgan fingerprint density at radius 3 is 2.14 bits per heavy atom. The molecule has 0 aromatic rings. The minimum absolute atomic E-state index is 0.0716. The van der Waals surface area contributed by atoms with E-state index in [1.54, 1.807) is 20.8 Å². The average Bonchev–Trinajstić information content (AvgIpc) is 1.78. The fraction of sp³-hybridized carbons (Fsp3) is 0.667. The second-order valence-corrected chi connectivity index (χ2v) is 5.72. The second-order valence-electron chi connectivity index (χ2n) is 4.27. The lowest BCUT2D eigenvalue weighted by molar-refractivity contribution is -0.117. The largest absolute Gasteiger partial charge is 0.295 e. The number of hydrogen-bond acceptors (Lipinski definition) is 3. The van der Waals surface area contributed by atoms with Crippen molar-refractivity contribution in [2.75, 3.05) is 5.75 Å². The summed E-state index contributed by atoms with van der Waals surface area (Å²) in [4.78, 5) is 11.3. The Bertz CT molecular complexity index is 338. The van der Waals surface area contributed by atoms with Gasteiger partial charge in [0, 0.05) is 6.42 Å². The van der Waals surface area contributed by atoms with E-state index in [4.69, 9.17) is 4.55 Å². The van der Waals surface area contributed by atoms with Gasteiger partial charge in [0.2, 0.25) is 0 Å². The SMILES string of the molecule is C=C(C)C(=O)CC(C)(C)CS(=O)(=O)O. The Morgan fingerprint density at radius 2 is 1.86 bits per heavy atom. The Morgan fingerprint density at radius 1 is 1.43 bits per heavy atom. The van der Waals surface area contributed by atoms with Gasteiger partial charge in [0.1, 0.15) is 0 Å². The van der Waals surface area contributed by atoms with Gasteiger partial charge in [-0.2, -0.15) is 8.42 Å². The normalized spacial score (nSPS) is 12.6. The molecule has 0 unspecified atom stereocenters. The molecule has 0 aromatic heterocycles. The Kier molecular flexibility index (Phi) is 4.02. The van der Waals surface area contributed by atoms with Crippen molar-refractivity contribution in [1.29, 1.82) is 0 Å². The predicted octanol–water partition coefficient (Wildman–Crippen LogP) is 1.44. The van der Waals surface area contributed by atoms with Crippen LogP contribution in [0, 0.1) is 5.41 Å². The van der Waals surface area contributed by atoms with E-state index in [-0.39, 0.29) is 12.2 Å². The zero-order valence-corrected chi connectivity index (χ0v) is 9.52. The molecule has 0 spiro atoms. The average molecular weight is 220 g/mol. The molecule has 0 heterocycles. The first kappa shape index (κ1) is 13.3. The molecule has 14 heavy (non-hydrogen) atoms. The number of allylic oxidation sites excluding steroid dienone is 1. The molecule has 0 atom stereocenters. The molecule has 0 amide bonds. The first-order valence-electron chi connectivity index (χ1n) is 4.17. The lowest BCUT2D eigenvalue weighted by Crippen LogP contribution is -2.26. The minimum atomic E-state index is -4.04. The quantitative estimate of drug-likeness (QED) is 0.562. The molecular formula is C9H16O4S. The highest BCUT2D eigenvalue weighted by Gasteiger charge is 2.27. The van der Waals surface area contributed by atoms with Crippen LogP contribution < -0.4 is 0 Å². The molecule has 0 radical (unpaired) electrons. The van der Waals surface area contributed by atoms with Crippen molar-refractivity contribution in [3.8, 4) is 0 Å².